The van der Waals surface area contributed by atoms with Crippen molar-refractivity contribution >= 4 is 11.8 Å². The highest BCUT2D eigenvalue weighted by atomic mass is 16.5. The number of carbonyl (C=O) groups is 1. The first-order valence-electron chi connectivity index (χ1n) is 7.73. The quantitative estimate of drug-likeness (QED) is 0.743. The molecule has 0 saturated carbocycles. The standard InChI is InChI=1S/C20H16N2O3/c1-13-14(2)24-20(18(13)12-21)22-19(23)15-7-6-10-17(11-15)25-16-8-4-3-5-9-16/h3-11H,1-2H3,(H,22,23). The number of hydrogen-bond acceptors (Lipinski definition) is 4. The molecule has 0 aliphatic rings. The average molecular weight is 332 g/mol. The van der Waals surface area contributed by atoms with Gasteiger partial charge in [0.15, 0.2) is 0 Å². The highest BCUT2D eigenvalue weighted by Crippen LogP contribution is 2.27. The van der Waals surface area contributed by atoms with Crippen molar-refractivity contribution in [3.05, 3.63) is 77.0 Å². The van der Waals surface area contributed by atoms with Gasteiger partial charge in [-0.05, 0) is 44.2 Å². The summed E-state index contributed by atoms with van der Waals surface area (Å²) >= 11 is 0. The second kappa shape index (κ2) is 6.93. The van der Waals surface area contributed by atoms with Crippen molar-refractivity contribution in [3.63, 3.8) is 0 Å². The second-order valence-corrected chi connectivity index (χ2v) is 5.50. The molecule has 3 aromatic rings. The maximum absolute atomic E-state index is 12.5. The average Bonchev–Trinajstić information content (AvgIpc) is 2.89. The minimum absolute atomic E-state index is 0.164. The summed E-state index contributed by atoms with van der Waals surface area (Å²) in [5, 5.41) is 11.9. The second-order valence-electron chi connectivity index (χ2n) is 5.50. The highest BCUT2D eigenvalue weighted by Gasteiger charge is 2.17. The van der Waals surface area contributed by atoms with Gasteiger partial charge in [0.05, 0.1) is 0 Å². The molecular formula is C20H16N2O3. The number of hydrogen-bond donors (Lipinski definition) is 1. The molecule has 5 nitrogen and oxygen atoms in total. The summed E-state index contributed by atoms with van der Waals surface area (Å²) in [6, 6.07) is 18.2. The van der Waals surface area contributed by atoms with Gasteiger partial charge in [0.1, 0.15) is 28.9 Å². The summed E-state index contributed by atoms with van der Waals surface area (Å²) in [7, 11) is 0. The van der Waals surface area contributed by atoms with Crippen LogP contribution in [-0.4, -0.2) is 5.91 Å². The zero-order valence-electron chi connectivity index (χ0n) is 13.9. The van der Waals surface area contributed by atoms with E-state index in [2.05, 4.69) is 11.4 Å². The molecule has 0 aliphatic heterocycles. The van der Waals surface area contributed by atoms with Gasteiger partial charge in [-0.1, -0.05) is 24.3 Å². The lowest BCUT2D eigenvalue weighted by atomic mass is 10.1. The molecule has 3 rings (SSSR count). The minimum atomic E-state index is -0.372. The highest BCUT2D eigenvalue weighted by molar-refractivity contribution is 6.04. The molecule has 1 aromatic heterocycles. The molecule has 1 N–H and O–H groups in total. The largest absolute Gasteiger partial charge is 0.457 e. The smallest absolute Gasteiger partial charge is 0.258 e. The van der Waals surface area contributed by atoms with Gasteiger partial charge in [-0.2, -0.15) is 5.26 Å². The van der Waals surface area contributed by atoms with E-state index in [4.69, 9.17) is 9.15 Å². The first kappa shape index (κ1) is 16.3. The number of furan rings is 1. The molecule has 0 radical (unpaired) electrons. The summed E-state index contributed by atoms with van der Waals surface area (Å²) in [6.07, 6.45) is 0. The van der Waals surface area contributed by atoms with Crippen molar-refractivity contribution in [3.8, 4) is 17.6 Å². The van der Waals surface area contributed by atoms with Crippen LogP contribution >= 0.6 is 0 Å². The lowest BCUT2D eigenvalue weighted by Gasteiger charge is -2.07. The Bertz CT molecular complexity index is 953. The van der Waals surface area contributed by atoms with E-state index in [9.17, 15) is 10.1 Å². The number of anilines is 1. The molecule has 1 heterocycles. The summed E-state index contributed by atoms with van der Waals surface area (Å²) in [5.74, 6) is 1.63. The molecular weight excluding hydrogens is 316 g/mol. The Morgan fingerprint density at radius 1 is 1.08 bits per heavy atom. The number of nitrogens with one attached hydrogen (secondary N) is 1. The minimum Gasteiger partial charge on any atom is -0.457 e. The van der Waals surface area contributed by atoms with E-state index in [1.807, 2.05) is 30.3 Å². The van der Waals surface area contributed by atoms with Gasteiger partial charge < -0.3 is 9.15 Å². The van der Waals surface area contributed by atoms with Gasteiger partial charge in [0.2, 0.25) is 5.88 Å². The SMILES string of the molecule is Cc1oc(NC(=O)c2cccc(Oc3ccccc3)c2)c(C#N)c1C. The van der Waals surface area contributed by atoms with Gasteiger partial charge in [-0.25, -0.2) is 0 Å². The summed E-state index contributed by atoms with van der Waals surface area (Å²) in [4.78, 5) is 12.5. The van der Waals surface area contributed by atoms with Crippen molar-refractivity contribution in [2.24, 2.45) is 0 Å². The van der Waals surface area contributed by atoms with Crippen LogP contribution in [0, 0.1) is 25.2 Å². The van der Waals surface area contributed by atoms with Crippen LogP contribution in [0.25, 0.3) is 0 Å². The Morgan fingerprint density at radius 3 is 2.52 bits per heavy atom. The van der Waals surface area contributed by atoms with Crippen LogP contribution in [0.3, 0.4) is 0 Å². The monoisotopic (exact) mass is 332 g/mol. The van der Waals surface area contributed by atoms with E-state index >= 15 is 0 Å². The molecule has 0 bridgehead atoms. The van der Waals surface area contributed by atoms with E-state index < -0.39 is 0 Å². The normalized spacial score (nSPS) is 10.1. The van der Waals surface area contributed by atoms with Crippen LogP contribution < -0.4 is 10.1 Å². The fourth-order valence-electron chi connectivity index (χ4n) is 2.35. The topological polar surface area (TPSA) is 75.3 Å². The third kappa shape index (κ3) is 3.54. The third-order valence-corrected chi connectivity index (χ3v) is 3.80. The molecule has 5 heteroatoms. The zero-order chi connectivity index (χ0) is 17.8. The van der Waals surface area contributed by atoms with Crippen LogP contribution in [-0.2, 0) is 0 Å². The maximum atomic E-state index is 12.5. The van der Waals surface area contributed by atoms with Crippen LogP contribution in [0.1, 0.15) is 27.2 Å². The number of para-hydroxylation sites is 1. The number of amides is 1. The van der Waals surface area contributed by atoms with Crippen LogP contribution in [0.15, 0.2) is 59.0 Å². The maximum Gasteiger partial charge on any atom is 0.258 e. The zero-order valence-corrected chi connectivity index (χ0v) is 13.9. The predicted molar refractivity (Wildman–Crippen MR) is 93.8 cm³/mol. The summed E-state index contributed by atoms with van der Waals surface area (Å²) in [5.41, 5.74) is 1.46. The fraction of sp³-hybridized carbons (Fsp3) is 0.100. The lowest BCUT2D eigenvalue weighted by Crippen LogP contribution is -2.12. The van der Waals surface area contributed by atoms with Crippen molar-refractivity contribution in [2.75, 3.05) is 5.32 Å². The van der Waals surface area contributed by atoms with E-state index in [0.717, 1.165) is 5.56 Å². The molecule has 2 aromatic carbocycles. The molecule has 0 unspecified atom stereocenters. The Labute approximate surface area is 145 Å². The molecule has 25 heavy (non-hydrogen) atoms. The Kier molecular flexibility index (Phi) is 4.53. The third-order valence-electron chi connectivity index (χ3n) is 3.80. The van der Waals surface area contributed by atoms with Crippen LogP contribution in [0.4, 0.5) is 5.88 Å². The van der Waals surface area contributed by atoms with Crippen molar-refractivity contribution in [1.29, 1.82) is 5.26 Å². The fourth-order valence-corrected chi connectivity index (χ4v) is 2.35. The number of carbonyl (C=O) groups excluding carboxylic acids is 1. The van der Waals surface area contributed by atoms with Crippen molar-refractivity contribution < 1.29 is 13.9 Å². The van der Waals surface area contributed by atoms with Gasteiger partial charge in [-0.3, -0.25) is 10.1 Å². The van der Waals surface area contributed by atoms with E-state index in [1.54, 1.807) is 38.1 Å². The summed E-state index contributed by atoms with van der Waals surface area (Å²) < 4.78 is 11.2. The van der Waals surface area contributed by atoms with E-state index in [0.29, 0.717) is 28.4 Å². The number of nitrogens with zero attached hydrogens (tertiary/aromatic N) is 1. The Morgan fingerprint density at radius 2 is 1.80 bits per heavy atom. The van der Waals surface area contributed by atoms with Gasteiger partial charge in [0.25, 0.3) is 5.91 Å². The van der Waals surface area contributed by atoms with Gasteiger partial charge in [-0.15, -0.1) is 0 Å². The molecule has 0 fully saturated rings. The first-order chi connectivity index (χ1) is 12.1. The molecule has 0 spiro atoms. The lowest BCUT2D eigenvalue weighted by molar-refractivity contribution is 0.102. The molecule has 1 amide bonds. The number of ether oxygens (including phenoxy) is 1. The van der Waals surface area contributed by atoms with E-state index in [-0.39, 0.29) is 11.8 Å². The number of aryl methyl sites for hydroxylation is 1. The van der Waals surface area contributed by atoms with Crippen LogP contribution in [0.2, 0.25) is 0 Å². The number of nitriles is 1. The molecule has 0 atom stereocenters. The molecule has 0 saturated heterocycles. The number of rotatable bonds is 4. The van der Waals surface area contributed by atoms with E-state index in [1.165, 1.54) is 0 Å². The predicted octanol–water partition coefficient (Wildman–Crippen LogP) is 4.81. The van der Waals surface area contributed by atoms with Gasteiger partial charge in [0, 0.05) is 11.1 Å². The molecule has 0 aliphatic carbocycles. The van der Waals surface area contributed by atoms with Crippen LogP contribution in [0.5, 0.6) is 11.5 Å². The first-order valence-corrected chi connectivity index (χ1v) is 7.73. The van der Waals surface area contributed by atoms with Crippen molar-refractivity contribution in [2.45, 2.75) is 13.8 Å². The van der Waals surface area contributed by atoms with Gasteiger partial charge >= 0.3 is 0 Å². The Hall–Kier alpha value is -3.52. The summed E-state index contributed by atoms with van der Waals surface area (Å²) in [6.45, 7) is 3.53. The van der Waals surface area contributed by atoms with Crippen molar-refractivity contribution in [1.82, 2.24) is 0 Å². The number of benzene rings is 2. The molecule has 124 valence electrons. The Balaban J connectivity index is 1.80.